The first-order chi connectivity index (χ1) is 13.0. The second-order valence-electron chi connectivity index (χ2n) is 5.42. The van der Waals surface area contributed by atoms with Crippen LogP contribution in [0.2, 0.25) is 0 Å². The summed E-state index contributed by atoms with van der Waals surface area (Å²) >= 11 is 0. The van der Waals surface area contributed by atoms with Gasteiger partial charge in [0.2, 0.25) is 0 Å². The van der Waals surface area contributed by atoms with Crippen LogP contribution in [-0.2, 0) is 14.3 Å². The third-order valence-electron chi connectivity index (χ3n) is 3.38. The van der Waals surface area contributed by atoms with E-state index < -0.39 is 36.4 Å². The average molecular weight is 374 g/mol. The summed E-state index contributed by atoms with van der Waals surface area (Å²) in [6.07, 6.45) is -0.546. The maximum Gasteiger partial charge on any atom is 0.347 e. The molecule has 2 aromatic rings. The average Bonchev–Trinajstić information content (AvgIpc) is 2.66. The molecular formula is C19H19FN2O5. The Kier molecular flexibility index (Phi) is 7.30. The molecule has 3 amide bonds. The Hall–Kier alpha value is -3.42. The second-order valence-corrected chi connectivity index (χ2v) is 5.42. The quantitative estimate of drug-likeness (QED) is 0.727. The molecule has 0 aliphatic carbocycles. The van der Waals surface area contributed by atoms with Crippen LogP contribution in [0.1, 0.15) is 13.3 Å². The van der Waals surface area contributed by atoms with Gasteiger partial charge >= 0.3 is 12.0 Å². The number of para-hydroxylation sites is 2. The Morgan fingerprint density at radius 3 is 2.37 bits per heavy atom. The van der Waals surface area contributed by atoms with Crippen molar-refractivity contribution in [3.8, 4) is 5.75 Å². The van der Waals surface area contributed by atoms with Crippen molar-refractivity contribution in [3.05, 3.63) is 60.4 Å². The Bertz CT molecular complexity index is 798. The number of ether oxygens (including phenoxy) is 2. The highest BCUT2D eigenvalue weighted by Gasteiger charge is 2.21. The van der Waals surface area contributed by atoms with Gasteiger partial charge in [0, 0.05) is 0 Å². The van der Waals surface area contributed by atoms with Crippen molar-refractivity contribution < 1.29 is 28.2 Å². The highest BCUT2D eigenvalue weighted by molar-refractivity contribution is 6.01. The SMILES string of the molecule is CC[C@@H](Oc1ccccc1)C(=O)OCC(=O)NC(=O)Nc1ccccc1F. The van der Waals surface area contributed by atoms with E-state index >= 15 is 0 Å². The van der Waals surface area contributed by atoms with E-state index in [-0.39, 0.29) is 5.69 Å². The minimum absolute atomic E-state index is 0.0814. The van der Waals surface area contributed by atoms with E-state index in [0.29, 0.717) is 12.2 Å². The predicted molar refractivity (Wildman–Crippen MR) is 95.7 cm³/mol. The molecule has 0 aromatic heterocycles. The number of carbonyl (C=O) groups is 3. The van der Waals surface area contributed by atoms with Gasteiger partial charge in [0.25, 0.3) is 5.91 Å². The zero-order valence-corrected chi connectivity index (χ0v) is 14.6. The minimum Gasteiger partial charge on any atom is -0.479 e. The molecule has 7 nitrogen and oxygen atoms in total. The monoisotopic (exact) mass is 374 g/mol. The fourth-order valence-electron chi connectivity index (χ4n) is 2.07. The van der Waals surface area contributed by atoms with Gasteiger partial charge in [0.05, 0.1) is 5.69 Å². The molecule has 0 unspecified atom stereocenters. The van der Waals surface area contributed by atoms with Gasteiger partial charge in [-0.25, -0.2) is 14.0 Å². The number of anilines is 1. The molecule has 142 valence electrons. The first-order valence-electron chi connectivity index (χ1n) is 8.23. The van der Waals surface area contributed by atoms with Crippen molar-refractivity contribution in [3.63, 3.8) is 0 Å². The van der Waals surface area contributed by atoms with Crippen molar-refractivity contribution in [2.75, 3.05) is 11.9 Å². The summed E-state index contributed by atoms with van der Waals surface area (Å²) in [7, 11) is 0. The van der Waals surface area contributed by atoms with E-state index in [1.165, 1.54) is 18.2 Å². The topological polar surface area (TPSA) is 93.7 Å². The largest absolute Gasteiger partial charge is 0.479 e. The lowest BCUT2D eigenvalue weighted by Gasteiger charge is -2.16. The van der Waals surface area contributed by atoms with Crippen LogP contribution < -0.4 is 15.4 Å². The molecule has 0 radical (unpaired) electrons. The summed E-state index contributed by atoms with van der Waals surface area (Å²) in [5.74, 6) is -1.73. The van der Waals surface area contributed by atoms with Crippen LogP contribution in [-0.4, -0.2) is 30.6 Å². The molecule has 0 aliphatic rings. The number of rotatable bonds is 7. The van der Waals surface area contributed by atoms with Crippen LogP contribution in [0.4, 0.5) is 14.9 Å². The normalized spacial score (nSPS) is 11.2. The molecule has 2 N–H and O–H groups in total. The fraction of sp³-hybridized carbons (Fsp3) is 0.211. The predicted octanol–water partition coefficient (Wildman–Crippen LogP) is 2.87. The number of urea groups is 1. The van der Waals surface area contributed by atoms with Gasteiger partial charge in [-0.3, -0.25) is 10.1 Å². The molecule has 0 saturated carbocycles. The fourth-order valence-corrected chi connectivity index (χ4v) is 2.07. The second kappa shape index (κ2) is 9.91. The maximum absolute atomic E-state index is 13.4. The summed E-state index contributed by atoms with van der Waals surface area (Å²) < 4.78 is 23.8. The van der Waals surface area contributed by atoms with E-state index in [4.69, 9.17) is 9.47 Å². The van der Waals surface area contributed by atoms with Gasteiger partial charge in [-0.2, -0.15) is 0 Å². The molecule has 2 aromatic carbocycles. The van der Waals surface area contributed by atoms with E-state index in [1.54, 1.807) is 31.2 Å². The summed E-state index contributed by atoms with van der Waals surface area (Å²) in [6, 6.07) is 13.3. The van der Waals surface area contributed by atoms with E-state index in [0.717, 1.165) is 6.07 Å². The molecule has 0 bridgehead atoms. The smallest absolute Gasteiger partial charge is 0.347 e. The van der Waals surface area contributed by atoms with Crippen molar-refractivity contribution in [2.24, 2.45) is 0 Å². The van der Waals surface area contributed by atoms with Gasteiger partial charge in [-0.1, -0.05) is 37.3 Å². The third kappa shape index (κ3) is 6.43. The molecule has 0 saturated heterocycles. The molecule has 0 heterocycles. The number of carbonyl (C=O) groups excluding carboxylic acids is 3. The number of nitrogens with one attached hydrogen (secondary N) is 2. The van der Waals surface area contributed by atoms with Crippen LogP contribution in [0.5, 0.6) is 5.75 Å². The lowest BCUT2D eigenvalue weighted by molar-refractivity contribution is -0.155. The van der Waals surface area contributed by atoms with Gasteiger partial charge < -0.3 is 14.8 Å². The molecule has 0 fully saturated rings. The number of hydrogen-bond acceptors (Lipinski definition) is 5. The van der Waals surface area contributed by atoms with Crippen molar-refractivity contribution in [1.82, 2.24) is 5.32 Å². The summed E-state index contributed by atoms with van der Waals surface area (Å²) in [5.41, 5.74) is -0.0814. The number of amides is 3. The van der Waals surface area contributed by atoms with Crippen molar-refractivity contribution in [2.45, 2.75) is 19.4 Å². The maximum atomic E-state index is 13.4. The van der Waals surface area contributed by atoms with Gasteiger partial charge in [-0.15, -0.1) is 0 Å². The van der Waals surface area contributed by atoms with Crippen molar-refractivity contribution >= 4 is 23.6 Å². The Labute approximate surface area is 155 Å². The zero-order chi connectivity index (χ0) is 19.6. The van der Waals surface area contributed by atoms with E-state index in [9.17, 15) is 18.8 Å². The third-order valence-corrected chi connectivity index (χ3v) is 3.38. The lowest BCUT2D eigenvalue weighted by atomic mass is 10.2. The number of hydrogen-bond donors (Lipinski definition) is 2. The summed E-state index contributed by atoms with van der Waals surface area (Å²) in [5, 5.41) is 4.13. The Morgan fingerprint density at radius 1 is 1.04 bits per heavy atom. The highest BCUT2D eigenvalue weighted by Crippen LogP contribution is 2.13. The van der Waals surface area contributed by atoms with Gasteiger partial charge in [0.15, 0.2) is 12.7 Å². The summed E-state index contributed by atoms with van der Waals surface area (Å²) in [6.45, 7) is 1.06. The Balaban J connectivity index is 1.79. The summed E-state index contributed by atoms with van der Waals surface area (Å²) in [4.78, 5) is 35.4. The molecule has 0 spiro atoms. The minimum atomic E-state index is -0.936. The molecule has 27 heavy (non-hydrogen) atoms. The highest BCUT2D eigenvalue weighted by atomic mass is 19.1. The first-order valence-corrected chi connectivity index (χ1v) is 8.23. The zero-order valence-electron chi connectivity index (χ0n) is 14.6. The van der Waals surface area contributed by atoms with Crippen LogP contribution >= 0.6 is 0 Å². The van der Waals surface area contributed by atoms with Gasteiger partial charge in [-0.05, 0) is 30.7 Å². The first kappa shape index (κ1) is 19.9. The molecule has 1 atom stereocenters. The van der Waals surface area contributed by atoms with Gasteiger partial charge in [0.1, 0.15) is 11.6 Å². The standard InChI is InChI=1S/C19H19FN2O5/c1-2-16(27-13-8-4-3-5-9-13)18(24)26-12-17(23)22-19(25)21-15-11-7-6-10-14(15)20/h3-11,16H,2,12H2,1H3,(H2,21,22,23,25)/t16-/m1/s1. The van der Waals surface area contributed by atoms with E-state index in [1.807, 2.05) is 11.4 Å². The number of imide groups is 1. The van der Waals surface area contributed by atoms with Crippen molar-refractivity contribution in [1.29, 1.82) is 0 Å². The van der Waals surface area contributed by atoms with Crippen LogP contribution in [0.15, 0.2) is 54.6 Å². The number of benzene rings is 2. The lowest BCUT2D eigenvalue weighted by Crippen LogP contribution is -2.39. The molecule has 8 heteroatoms. The van der Waals surface area contributed by atoms with E-state index in [2.05, 4.69) is 5.32 Å². The molecule has 2 rings (SSSR count). The number of esters is 1. The van der Waals surface area contributed by atoms with Crippen LogP contribution in [0, 0.1) is 5.82 Å². The molecule has 0 aliphatic heterocycles. The Morgan fingerprint density at radius 2 is 1.70 bits per heavy atom. The van der Waals surface area contributed by atoms with Crippen LogP contribution in [0.25, 0.3) is 0 Å². The molecular weight excluding hydrogens is 355 g/mol. The van der Waals surface area contributed by atoms with Crippen LogP contribution in [0.3, 0.4) is 0 Å². The number of halogens is 1.